The molecular formula is C25H40N4O5S. The third kappa shape index (κ3) is 10.3. The van der Waals surface area contributed by atoms with E-state index in [2.05, 4.69) is 16.0 Å². The van der Waals surface area contributed by atoms with Crippen LogP contribution in [0.4, 0.5) is 0 Å². The second kappa shape index (κ2) is 15.4. The molecule has 0 aliphatic carbocycles. The van der Waals surface area contributed by atoms with Crippen molar-refractivity contribution in [1.29, 1.82) is 0 Å². The topological polar surface area (TPSA) is 151 Å². The predicted molar refractivity (Wildman–Crippen MR) is 139 cm³/mol. The van der Waals surface area contributed by atoms with Crippen LogP contribution in [-0.4, -0.2) is 65.0 Å². The summed E-state index contributed by atoms with van der Waals surface area (Å²) >= 11 is 1.53. The van der Waals surface area contributed by atoms with Crippen molar-refractivity contribution in [3.63, 3.8) is 0 Å². The van der Waals surface area contributed by atoms with Crippen LogP contribution in [0.1, 0.15) is 46.1 Å². The summed E-state index contributed by atoms with van der Waals surface area (Å²) in [5.41, 5.74) is 7.00. The molecule has 1 aromatic rings. The minimum absolute atomic E-state index is 0.252. The molecule has 9 nitrogen and oxygen atoms in total. The van der Waals surface area contributed by atoms with Crippen molar-refractivity contribution in [2.45, 2.75) is 71.1 Å². The number of nitrogens with two attached hydrogens (primary N) is 1. The highest BCUT2D eigenvalue weighted by Gasteiger charge is 2.33. The molecule has 1 rings (SSSR count). The molecule has 0 spiro atoms. The number of hydrogen-bond donors (Lipinski definition) is 5. The highest BCUT2D eigenvalue weighted by atomic mass is 32.2. The molecule has 5 unspecified atom stereocenters. The van der Waals surface area contributed by atoms with E-state index in [0.717, 1.165) is 5.56 Å². The number of carbonyl (C=O) groups is 4. The normalized spacial score (nSPS) is 15.4. The summed E-state index contributed by atoms with van der Waals surface area (Å²) in [5, 5.41) is 17.5. The fourth-order valence-corrected chi connectivity index (χ4v) is 3.93. The number of thioether (sulfide) groups is 1. The Morgan fingerprint density at radius 2 is 1.54 bits per heavy atom. The summed E-state index contributed by atoms with van der Waals surface area (Å²) in [6, 6.07) is 5.63. The van der Waals surface area contributed by atoms with Crippen LogP contribution in [-0.2, 0) is 25.6 Å². The average Bonchev–Trinajstić information content (AvgIpc) is 2.82. The molecule has 0 bridgehead atoms. The molecule has 3 amide bonds. The third-order valence-electron chi connectivity index (χ3n) is 5.90. The number of rotatable bonds is 15. The Hall–Kier alpha value is -2.59. The number of nitrogens with one attached hydrogen (secondary N) is 3. The van der Waals surface area contributed by atoms with Crippen molar-refractivity contribution in [3.05, 3.63) is 35.9 Å². The first-order chi connectivity index (χ1) is 16.5. The molecule has 0 fully saturated rings. The Morgan fingerprint density at radius 1 is 0.943 bits per heavy atom. The van der Waals surface area contributed by atoms with Crippen LogP contribution in [0.15, 0.2) is 30.3 Å². The van der Waals surface area contributed by atoms with Gasteiger partial charge in [-0.05, 0) is 42.2 Å². The zero-order valence-electron chi connectivity index (χ0n) is 21.2. The lowest BCUT2D eigenvalue weighted by molar-refractivity contribution is -0.144. The lowest BCUT2D eigenvalue weighted by Gasteiger charge is -2.28. The van der Waals surface area contributed by atoms with E-state index in [9.17, 15) is 24.3 Å². The van der Waals surface area contributed by atoms with Gasteiger partial charge in [-0.15, -0.1) is 0 Å². The minimum Gasteiger partial charge on any atom is -0.480 e. The summed E-state index contributed by atoms with van der Waals surface area (Å²) in [6.07, 6.45) is 3.16. The minimum atomic E-state index is -1.14. The first kappa shape index (κ1) is 30.4. The number of aliphatic carboxylic acids is 1. The van der Waals surface area contributed by atoms with Gasteiger partial charge in [-0.3, -0.25) is 14.4 Å². The molecule has 0 heterocycles. The van der Waals surface area contributed by atoms with Crippen molar-refractivity contribution in [2.24, 2.45) is 17.6 Å². The standard InChI is InChI=1S/C25H40N4O5S/c1-6-16(4)21(24(32)28-20(15(2)3)25(33)34)29-23(31)19(12-13-35-5)27-22(30)18(26)14-17-10-8-7-9-11-17/h7-11,15-16,18-21H,6,12-14,26H2,1-5H3,(H,27,30)(H,28,32)(H,29,31)(H,33,34). The van der Waals surface area contributed by atoms with Crippen LogP contribution in [0.5, 0.6) is 0 Å². The summed E-state index contributed by atoms with van der Waals surface area (Å²) in [6.45, 7) is 7.08. The van der Waals surface area contributed by atoms with E-state index in [1.807, 2.05) is 43.5 Å². The lowest BCUT2D eigenvalue weighted by Crippen LogP contribution is -2.59. The number of carboxylic acids is 1. The van der Waals surface area contributed by atoms with Gasteiger partial charge in [0.1, 0.15) is 18.1 Å². The highest BCUT2D eigenvalue weighted by molar-refractivity contribution is 7.98. The Balaban J connectivity index is 2.96. The molecule has 0 saturated carbocycles. The Morgan fingerprint density at radius 3 is 2.06 bits per heavy atom. The quantitative estimate of drug-likeness (QED) is 0.241. The zero-order valence-corrected chi connectivity index (χ0v) is 22.1. The summed E-state index contributed by atoms with van der Waals surface area (Å²) in [7, 11) is 0. The summed E-state index contributed by atoms with van der Waals surface area (Å²) < 4.78 is 0. The Bertz CT molecular complexity index is 836. The van der Waals surface area contributed by atoms with Crippen LogP contribution >= 0.6 is 11.8 Å². The van der Waals surface area contributed by atoms with Gasteiger partial charge in [0.2, 0.25) is 17.7 Å². The first-order valence-corrected chi connectivity index (χ1v) is 13.3. The van der Waals surface area contributed by atoms with E-state index in [0.29, 0.717) is 25.0 Å². The molecule has 0 radical (unpaired) electrons. The van der Waals surface area contributed by atoms with E-state index in [-0.39, 0.29) is 11.8 Å². The number of benzene rings is 1. The molecule has 0 aliphatic rings. The van der Waals surface area contributed by atoms with E-state index >= 15 is 0 Å². The maximum Gasteiger partial charge on any atom is 0.326 e. The van der Waals surface area contributed by atoms with Crippen LogP contribution in [0.3, 0.4) is 0 Å². The number of amides is 3. The summed E-state index contributed by atoms with van der Waals surface area (Å²) in [4.78, 5) is 50.5. The Labute approximate surface area is 212 Å². The van der Waals surface area contributed by atoms with E-state index in [1.54, 1.807) is 20.8 Å². The van der Waals surface area contributed by atoms with E-state index in [1.165, 1.54) is 11.8 Å². The van der Waals surface area contributed by atoms with Crippen molar-refractivity contribution in [2.75, 3.05) is 12.0 Å². The number of carbonyl (C=O) groups excluding carboxylic acids is 3. The number of carboxylic acid groups (broad SMARTS) is 1. The molecule has 6 N–H and O–H groups in total. The summed E-state index contributed by atoms with van der Waals surface area (Å²) in [5.74, 6) is -2.63. The zero-order chi connectivity index (χ0) is 26.5. The Kier molecular flexibility index (Phi) is 13.4. The van der Waals surface area contributed by atoms with Crippen LogP contribution < -0.4 is 21.7 Å². The monoisotopic (exact) mass is 508 g/mol. The molecule has 0 saturated heterocycles. The van der Waals surface area contributed by atoms with Crippen molar-refractivity contribution in [1.82, 2.24) is 16.0 Å². The molecule has 10 heteroatoms. The van der Waals surface area contributed by atoms with Crippen molar-refractivity contribution in [3.8, 4) is 0 Å². The van der Waals surface area contributed by atoms with Crippen LogP contribution in [0.25, 0.3) is 0 Å². The first-order valence-electron chi connectivity index (χ1n) is 11.9. The number of hydrogen-bond acceptors (Lipinski definition) is 6. The fraction of sp³-hybridized carbons (Fsp3) is 0.600. The van der Waals surface area contributed by atoms with Crippen molar-refractivity contribution >= 4 is 35.5 Å². The molecule has 0 aromatic heterocycles. The molecule has 5 atom stereocenters. The van der Waals surface area contributed by atoms with Crippen LogP contribution in [0, 0.1) is 11.8 Å². The lowest BCUT2D eigenvalue weighted by atomic mass is 9.96. The van der Waals surface area contributed by atoms with E-state index < -0.39 is 47.9 Å². The van der Waals surface area contributed by atoms with Gasteiger partial charge in [-0.1, -0.05) is 64.4 Å². The maximum atomic E-state index is 13.2. The van der Waals surface area contributed by atoms with E-state index in [4.69, 9.17) is 5.73 Å². The second-order valence-corrected chi connectivity index (χ2v) is 10.1. The van der Waals surface area contributed by atoms with Gasteiger partial charge in [0.15, 0.2) is 0 Å². The van der Waals surface area contributed by atoms with Gasteiger partial charge in [-0.2, -0.15) is 11.8 Å². The smallest absolute Gasteiger partial charge is 0.326 e. The van der Waals surface area contributed by atoms with Gasteiger partial charge in [-0.25, -0.2) is 4.79 Å². The highest BCUT2D eigenvalue weighted by Crippen LogP contribution is 2.12. The molecule has 35 heavy (non-hydrogen) atoms. The third-order valence-corrected chi connectivity index (χ3v) is 6.55. The maximum absolute atomic E-state index is 13.2. The van der Waals surface area contributed by atoms with Gasteiger partial charge < -0.3 is 26.8 Å². The average molecular weight is 509 g/mol. The molecule has 1 aromatic carbocycles. The van der Waals surface area contributed by atoms with Gasteiger partial charge >= 0.3 is 5.97 Å². The molecule has 196 valence electrons. The van der Waals surface area contributed by atoms with Crippen molar-refractivity contribution < 1.29 is 24.3 Å². The van der Waals surface area contributed by atoms with Crippen LogP contribution in [0.2, 0.25) is 0 Å². The SMILES string of the molecule is CCC(C)C(NC(=O)C(CCSC)NC(=O)C(N)Cc1ccccc1)C(=O)NC(C(=O)O)C(C)C. The van der Waals surface area contributed by atoms with Gasteiger partial charge in [0.25, 0.3) is 0 Å². The van der Waals surface area contributed by atoms with Gasteiger partial charge in [0, 0.05) is 0 Å². The fourth-order valence-electron chi connectivity index (χ4n) is 3.46. The van der Waals surface area contributed by atoms with Gasteiger partial charge in [0.05, 0.1) is 6.04 Å². The molecule has 0 aliphatic heterocycles. The predicted octanol–water partition coefficient (Wildman–Crippen LogP) is 1.55. The largest absolute Gasteiger partial charge is 0.480 e. The molecular weight excluding hydrogens is 468 g/mol. The second-order valence-electron chi connectivity index (χ2n) is 9.08.